The summed E-state index contributed by atoms with van der Waals surface area (Å²) in [7, 11) is -4.08. The van der Waals surface area contributed by atoms with Crippen LogP contribution in [0.3, 0.4) is 0 Å². The van der Waals surface area contributed by atoms with Crippen LogP contribution in [0.25, 0.3) is 0 Å². The number of nitrogens with zero attached hydrogens (tertiary/aromatic N) is 2. The number of rotatable bonds is 4. The van der Waals surface area contributed by atoms with E-state index in [0.717, 1.165) is 9.87 Å². The summed E-state index contributed by atoms with van der Waals surface area (Å²) in [6, 6.07) is 18.5. The van der Waals surface area contributed by atoms with E-state index >= 15 is 0 Å². The topological polar surface area (TPSA) is 57.7 Å². The van der Waals surface area contributed by atoms with E-state index in [1.165, 1.54) is 23.1 Å². The molecule has 154 valence electrons. The maximum absolute atomic E-state index is 13.7. The average Bonchev–Trinajstić information content (AvgIpc) is 2.71. The lowest BCUT2D eigenvalue weighted by Crippen LogP contribution is -2.50. The fraction of sp³-hybridized carbons (Fsp3) is 0.174. The summed E-state index contributed by atoms with van der Waals surface area (Å²) in [5.41, 5.74) is 2.15. The summed E-state index contributed by atoms with van der Waals surface area (Å²) >= 11 is 0. The van der Waals surface area contributed by atoms with Gasteiger partial charge in [-0.25, -0.2) is 17.6 Å². The van der Waals surface area contributed by atoms with Crippen molar-refractivity contribution in [3.8, 4) is 0 Å². The van der Waals surface area contributed by atoms with E-state index in [4.69, 9.17) is 0 Å². The molecule has 0 aromatic heterocycles. The number of carbonyl (C=O) groups is 1. The molecule has 1 aliphatic heterocycles. The molecular formula is C23H21FN2O3S. The number of amides is 2. The summed E-state index contributed by atoms with van der Waals surface area (Å²) in [5.74, 6) is -0.142. The first-order chi connectivity index (χ1) is 14.3. The van der Waals surface area contributed by atoms with Gasteiger partial charge in [0.05, 0.1) is 17.9 Å². The summed E-state index contributed by atoms with van der Waals surface area (Å²) < 4.78 is 41.1. The van der Waals surface area contributed by atoms with Crippen molar-refractivity contribution in [2.45, 2.75) is 31.2 Å². The van der Waals surface area contributed by atoms with Gasteiger partial charge in [-0.3, -0.25) is 4.90 Å². The molecule has 1 aliphatic rings. The van der Waals surface area contributed by atoms with Gasteiger partial charge in [-0.2, -0.15) is 4.31 Å². The van der Waals surface area contributed by atoms with Gasteiger partial charge < -0.3 is 0 Å². The molecule has 0 aliphatic carbocycles. The zero-order valence-electron chi connectivity index (χ0n) is 16.6. The predicted octanol–water partition coefficient (Wildman–Crippen LogP) is 5.28. The third kappa shape index (κ3) is 3.45. The minimum absolute atomic E-state index is 0.0361. The predicted molar refractivity (Wildman–Crippen MR) is 115 cm³/mol. The van der Waals surface area contributed by atoms with E-state index in [-0.39, 0.29) is 28.7 Å². The van der Waals surface area contributed by atoms with Gasteiger partial charge in [0.15, 0.2) is 0 Å². The molecule has 0 fully saturated rings. The highest BCUT2D eigenvalue weighted by Crippen LogP contribution is 2.38. The number of fused-ring (bicyclic) bond motifs is 1. The van der Waals surface area contributed by atoms with Gasteiger partial charge in [-0.05, 0) is 53.4 Å². The Morgan fingerprint density at radius 3 is 2.30 bits per heavy atom. The molecule has 30 heavy (non-hydrogen) atoms. The van der Waals surface area contributed by atoms with Crippen molar-refractivity contribution in [1.29, 1.82) is 0 Å². The van der Waals surface area contributed by atoms with Gasteiger partial charge in [0.1, 0.15) is 10.7 Å². The maximum Gasteiger partial charge on any atom is 0.343 e. The monoisotopic (exact) mass is 424 g/mol. The van der Waals surface area contributed by atoms with Crippen LogP contribution in [0.5, 0.6) is 0 Å². The number of carbonyl (C=O) groups excluding carboxylic acids is 1. The number of para-hydroxylation sites is 1. The average molecular weight is 424 g/mol. The highest BCUT2D eigenvalue weighted by molar-refractivity contribution is 7.94. The van der Waals surface area contributed by atoms with Gasteiger partial charge in [0, 0.05) is 0 Å². The molecule has 2 amide bonds. The van der Waals surface area contributed by atoms with Crippen LogP contribution in [0, 0.1) is 5.82 Å². The molecule has 4 rings (SSSR count). The van der Waals surface area contributed by atoms with Crippen LogP contribution >= 0.6 is 0 Å². The van der Waals surface area contributed by atoms with Gasteiger partial charge in [-0.15, -0.1) is 0 Å². The lowest BCUT2D eigenvalue weighted by atomic mass is 10.0. The van der Waals surface area contributed by atoms with Crippen molar-refractivity contribution in [3.05, 3.63) is 89.7 Å². The summed E-state index contributed by atoms with van der Waals surface area (Å²) in [6.07, 6.45) is 0. The third-order valence-corrected chi connectivity index (χ3v) is 6.85. The van der Waals surface area contributed by atoms with Gasteiger partial charge >= 0.3 is 6.03 Å². The molecule has 0 unspecified atom stereocenters. The number of benzene rings is 3. The molecule has 1 heterocycles. The van der Waals surface area contributed by atoms with E-state index in [2.05, 4.69) is 0 Å². The van der Waals surface area contributed by atoms with Crippen LogP contribution in [0.1, 0.15) is 30.9 Å². The molecule has 5 nitrogen and oxygen atoms in total. The van der Waals surface area contributed by atoms with Crippen molar-refractivity contribution in [3.63, 3.8) is 0 Å². The number of hydrogen-bond donors (Lipinski definition) is 0. The number of anilines is 2. The van der Waals surface area contributed by atoms with Crippen molar-refractivity contribution in [2.24, 2.45) is 0 Å². The molecule has 0 saturated heterocycles. The highest BCUT2D eigenvalue weighted by Gasteiger charge is 2.42. The van der Waals surface area contributed by atoms with Crippen LogP contribution < -0.4 is 9.21 Å². The number of urea groups is 1. The van der Waals surface area contributed by atoms with Gasteiger partial charge in [0.2, 0.25) is 0 Å². The lowest BCUT2D eigenvalue weighted by molar-refractivity contribution is 0.253. The standard InChI is InChI=1S/C23H21FN2O3S/c1-16(2)18-10-12-20(13-11-18)26-23(27)25(15-17-6-5-7-19(24)14-17)21-8-3-4-9-22(21)30(26,28)29/h3-14,16H,15H2,1-2H3. The first-order valence-electron chi connectivity index (χ1n) is 9.59. The Morgan fingerprint density at radius 2 is 1.63 bits per heavy atom. The van der Waals surface area contributed by atoms with Gasteiger partial charge in [0.25, 0.3) is 10.0 Å². The normalized spacial score (nSPS) is 15.4. The molecule has 3 aromatic carbocycles. The van der Waals surface area contributed by atoms with Crippen LogP contribution in [0.4, 0.5) is 20.6 Å². The zero-order valence-corrected chi connectivity index (χ0v) is 17.4. The Labute approximate surface area is 175 Å². The fourth-order valence-electron chi connectivity index (χ4n) is 3.53. The molecule has 0 N–H and O–H groups in total. The van der Waals surface area contributed by atoms with Crippen LogP contribution in [0.15, 0.2) is 77.7 Å². The molecule has 3 aromatic rings. The first-order valence-corrected chi connectivity index (χ1v) is 11.0. The fourth-order valence-corrected chi connectivity index (χ4v) is 5.12. The second kappa shape index (κ2) is 7.57. The maximum atomic E-state index is 13.7. The van der Waals surface area contributed by atoms with Crippen LogP contribution in [0.2, 0.25) is 0 Å². The van der Waals surface area contributed by atoms with Crippen molar-refractivity contribution >= 4 is 27.4 Å². The largest absolute Gasteiger partial charge is 0.343 e. The van der Waals surface area contributed by atoms with Crippen molar-refractivity contribution in [2.75, 3.05) is 9.21 Å². The highest BCUT2D eigenvalue weighted by atomic mass is 32.2. The Morgan fingerprint density at radius 1 is 0.933 bits per heavy atom. The first kappa shape index (κ1) is 20.1. The van der Waals surface area contributed by atoms with E-state index in [9.17, 15) is 17.6 Å². The lowest BCUT2D eigenvalue weighted by Gasteiger charge is -2.36. The number of halogens is 1. The van der Waals surface area contributed by atoms with E-state index in [1.807, 2.05) is 26.0 Å². The quantitative estimate of drug-likeness (QED) is 0.572. The smallest absolute Gasteiger partial charge is 0.287 e. The SMILES string of the molecule is CC(C)c1ccc(N2C(=O)N(Cc3cccc(F)c3)c3ccccc3S2(=O)=O)cc1. The third-order valence-electron chi connectivity index (χ3n) is 5.10. The molecule has 0 bridgehead atoms. The summed E-state index contributed by atoms with van der Waals surface area (Å²) in [4.78, 5) is 14.8. The van der Waals surface area contributed by atoms with E-state index < -0.39 is 21.9 Å². The van der Waals surface area contributed by atoms with Crippen LogP contribution in [-0.2, 0) is 16.6 Å². The Bertz CT molecular complexity index is 1210. The van der Waals surface area contributed by atoms with E-state index in [1.54, 1.807) is 42.5 Å². The Balaban J connectivity index is 1.83. The summed E-state index contributed by atoms with van der Waals surface area (Å²) in [6.45, 7) is 4.12. The molecule has 0 spiro atoms. The van der Waals surface area contributed by atoms with Crippen molar-refractivity contribution in [1.82, 2.24) is 0 Å². The minimum atomic E-state index is -4.08. The number of hydrogen-bond acceptors (Lipinski definition) is 3. The number of sulfonamides is 1. The molecule has 0 radical (unpaired) electrons. The molecule has 0 atom stereocenters. The zero-order chi connectivity index (χ0) is 21.5. The molecule has 0 saturated carbocycles. The van der Waals surface area contributed by atoms with Gasteiger partial charge in [-0.1, -0.05) is 50.2 Å². The summed E-state index contributed by atoms with van der Waals surface area (Å²) in [5, 5.41) is 0. The second-order valence-electron chi connectivity index (χ2n) is 7.48. The Hall–Kier alpha value is -3.19. The van der Waals surface area contributed by atoms with Crippen molar-refractivity contribution < 1.29 is 17.6 Å². The van der Waals surface area contributed by atoms with E-state index in [0.29, 0.717) is 5.56 Å². The second-order valence-corrected chi connectivity index (χ2v) is 9.24. The minimum Gasteiger partial charge on any atom is -0.287 e. The Kier molecular flexibility index (Phi) is 5.07. The van der Waals surface area contributed by atoms with Crippen LogP contribution in [-0.4, -0.2) is 14.4 Å². The molecule has 7 heteroatoms. The molecular weight excluding hydrogens is 403 g/mol.